The smallest absolute Gasteiger partial charge is 0.184 e. The van der Waals surface area contributed by atoms with Gasteiger partial charge in [-0.3, -0.25) is 0 Å². The van der Waals surface area contributed by atoms with Crippen LogP contribution in [0.15, 0.2) is 0 Å². The van der Waals surface area contributed by atoms with Crippen LogP contribution in [0.1, 0.15) is 19.8 Å². The van der Waals surface area contributed by atoms with Crippen molar-refractivity contribution in [2.45, 2.75) is 19.8 Å². The van der Waals surface area contributed by atoms with Gasteiger partial charge in [-0.15, -0.1) is 0 Å². The van der Waals surface area contributed by atoms with E-state index in [0.717, 1.165) is 13.0 Å². The Kier molecular flexibility index (Phi) is 5.69. The highest BCUT2D eigenvalue weighted by molar-refractivity contribution is 4.33. The van der Waals surface area contributed by atoms with Gasteiger partial charge in [0.05, 0.1) is 13.5 Å². The third-order valence-electron chi connectivity index (χ3n) is 0.787. The molecule has 7 heavy (non-hydrogen) atoms. The van der Waals surface area contributed by atoms with E-state index in [1.54, 1.807) is 0 Å². The van der Waals surface area contributed by atoms with Crippen LogP contribution in [-0.2, 0) is 4.74 Å². The summed E-state index contributed by atoms with van der Waals surface area (Å²) < 4.78 is 4.96. The van der Waals surface area contributed by atoms with E-state index in [9.17, 15) is 0 Å². The Hall–Kier alpha value is -0.170. The van der Waals surface area contributed by atoms with Gasteiger partial charge in [-0.2, -0.15) is 0 Å². The second-order valence-corrected chi connectivity index (χ2v) is 1.47. The average molecular weight is 101 g/mol. The Bertz CT molecular complexity index is 23.4. The predicted octanol–water partition coefficient (Wildman–Crippen LogP) is 1.64. The van der Waals surface area contributed by atoms with Crippen LogP contribution in [0.5, 0.6) is 0 Å². The van der Waals surface area contributed by atoms with Crippen molar-refractivity contribution >= 4 is 0 Å². The van der Waals surface area contributed by atoms with Crippen molar-refractivity contribution in [3.05, 3.63) is 6.92 Å². The molecule has 0 unspecified atom stereocenters. The first-order valence-electron chi connectivity index (χ1n) is 2.78. The Balaban J connectivity index is 2.45. The minimum Gasteiger partial charge on any atom is -0.340 e. The van der Waals surface area contributed by atoms with E-state index in [0.29, 0.717) is 6.61 Å². The lowest BCUT2D eigenvalue weighted by Crippen LogP contribution is -1.91. The molecule has 0 N–H and O–H groups in total. The maximum Gasteiger partial charge on any atom is 0.184 e. The van der Waals surface area contributed by atoms with Crippen molar-refractivity contribution in [3.8, 4) is 0 Å². The molecule has 0 heterocycles. The Morgan fingerprint density at radius 3 is 2.71 bits per heavy atom. The predicted molar refractivity (Wildman–Crippen MR) is 31.1 cm³/mol. The second kappa shape index (κ2) is 5.83. The summed E-state index contributed by atoms with van der Waals surface area (Å²) in [4.78, 5) is 0. The lowest BCUT2D eigenvalue weighted by atomic mass is 10.4. The molecule has 0 saturated carbocycles. The molecule has 0 fully saturated rings. The van der Waals surface area contributed by atoms with E-state index in [1.165, 1.54) is 6.42 Å². The quantitative estimate of drug-likeness (QED) is 0.386. The molecule has 0 aliphatic heterocycles. The van der Waals surface area contributed by atoms with Crippen LogP contribution in [0.2, 0.25) is 0 Å². The van der Waals surface area contributed by atoms with E-state index in [-0.39, 0.29) is 0 Å². The monoisotopic (exact) mass is 101 g/mol. The normalized spacial score (nSPS) is 9.29. The van der Waals surface area contributed by atoms with E-state index in [2.05, 4.69) is 13.8 Å². The molecule has 0 aliphatic carbocycles. The van der Waals surface area contributed by atoms with E-state index in [1.807, 2.05) is 0 Å². The molecule has 0 amide bonds. The summed E-state index contributed by atoms with van der Waals surface area (Å²) in [5, 5.41) is 0. The number of rotatable bonds is 4. The van der Waals surface area contributed by atoms with Crippen LogP contribution in [0, 0.1) is 6.92 Å². The van der Waals surface area contributed by atoms with Gasteiger partial charge in [-0.25, -0.2) is 0 Å². The summed E-state index contributed by atoms with van der Waals surface area (Å²) in [5.41, 5.74) is 0. The van der Waals surface area contributed by atoms with Gasteiger partial charge < -0.3 is 4.74 Å². The van der Waals surface area contributed by atoms with Gasteiger partial charge in [0.15, 0.2) is 6.61 Å². The molecule has 0 aromatic rings. The summed E-state index contributed by atoms with van der Waals surface area (Å²) in [5.74, 6) is 0. The molecular formula is C6H13O+. The fourth-order valence-electron chi connectivity index (χ4n) is 0.348. The fraction of sp³-hybridized carbons (Fsp3) is 0.833. The molecule has 1 nitrogen and oxygen atoms in total. The summed E-state index contributed by atoms with van der Waals surface area (Å²) in [6.45, 7) is 7.17. The Labute approximate surface area is 45.7 Å². The van der Waals surface area contributed by atoms with Crippen LogP contribution in [0.4, 0.5) is 0 Å². The molecule has 0 spiro atoms. The standard InChI is InChI=1S/C6H13O/c1-3-5-6-7-4-2/h2-6H2,1H3/q+1. The van der Waals surface area contributed by atoms with Crippen LogP contribution < -0.4 is 0 Å². The molecule has 0 rings (SSSR count). The molecule has 0 saturated heterocycles. The zero-order valence-corrected chi connectivity index (χ0v) is 4.94. The summed E-state index contributed by atoms with van der Waals surface area (Å²) in [6.07, 6.45) is 2.37. The summed E-state index contributed by atoms with van der Waals surface area (Å²) in [7, 11) is 0. The molecule has 0 aromatic heterocycles. The highest BCUT2D eigenvalue weighted by Gasteiger charge is 1.81. The van der Waals surface area contributed by atoms with Gasteiger partial charge in [0.25, 0.3) is 0 Å². The van der Waals surface area contributed by atoms with Crippen molar-refractivity contribution in [1.29, 1.82) is 0 Å². The van der Waals surface area contributed by atoms with Crippen molar-refractivity contribution in [2.75, 3.05) is 13.2 Å². The fourth-order valence-corrected chi connectivity index (χ4v) is 0.348. The lowest BCUT2D eigenvalue weighted by molar-refractivity contribution is 0.157. The third kappa shape index (κ3) is 5.83. The minimum absolute atomic E-state index is 0.611. The van der Waals surface area contributed by atoms with Crippen LogP contribution in [-0.4, -0.2) is 13.2 Å². The van der Waals surface area contributed by atoms with Gasteiger partial charge in [-0.1, -0.05) is 13.3 Å². The first kappa shape index (κ1) is 6.83. The Morgan fingerprint density at radius 1 is 1.57 bits per heavy atom. The molecule has 0 radical (unpaired) electrons. The van der Waals surface area contributed by atoms with Crippen molar-refractivity contribution in [1.82, 2.24) is 0 Å². The van der Waals surface area contributed by atoms with Gasteiger partial charge in [0.1, 0.15) is 0 Å². The topological polar surface area (TPSA) is 9.23 Å². The number of hydrogen-bond donors (Lipinski definition) is 0. The van der Waals surface area contributed by atoms with Crippen LogP contribution in [0.3, 0.4) is 0 Å². The molecule has 1 heteroatoms. The highest BCUT2D eigenvalue weighted by atomic mass is 16.5. The molecule has 0 bridgehead atoms. The maximum atomic E-state index is 4.96. The SMILES string of the molecule is [CH2+]COCCCC. The summed E-state index contributed by atoms with van der Waals surface area (Å²) in [6, 6.07) is 0. The first-order valence-corrected chi connectivity index (χ1v) is 2.78. The van der Waals surface area contributed by atoms with Gasteiger partial charge in [0.2, 0.25) is 0 Å². The Morgan fingerprint density at radius 2 is 2.29 bits per heavy atom. The largest absolute Gasteiger partial charge is 0.340 e. The van der Waals surface area contributed by atoms with E-state index >= 15 is 0 Å². The third-order valence-corrected chi connectivity index (χ3v) is 0.787. The highest BCUT2D eigenvalue weighted by Crippen LogP contribution is 1.85. The number of ether oxygens (including phenoxy) is 1. The van der Waals surface area contributed by atoms with Gasteiger partial charge >= 0.3 is 0 Å². The maximum absolute atomic E-state index is 4.96. The lowest BCUT2D eigenvalue weighted by Gasteiger charge is -1.91. The van der Waals surface area contributed by atoms with Gasteiger partial charge in [0, 0.05) is 0 Å². The molecular weight excluding hydrogens is 88.1 g/mol. The number of hydrogen-bond acceptors (Lipinski definition) is 1. The van der Waals surface area contributed by atoms with E-state index in [4.69, 9.17) is 4.74 Å². The summed E-state index contributed by atoms with van der Waals surface area (Å²) >= 11 is 0. The van der Waals surface area contributed by atoms with Crippen LogP contribution >= 0.6 is 0 Å². The minimum atomic E-state index is 0.611. The average Bonchev–Trinajstić information content (AvgIpc) is 1.69. The van der Waals surface area contributed by atoms with Gasteiger partial charge in [-0.05, 0) is 6.42 Å². The van der Waals surface area contributed by atoms with Crippen molar-refractivity contribution in [2.24, 2.45) is 0 Å². The zero-order valence-electron chi connectivity index (χ0n) is 4.94. The van der Waals surface area contributed by atoms with Crippen molar-refractivity contribution in [3.63, 3.8) is 0 Å². The molecule has 0 atom stereocenters. The molecule has 0 aromatic carbocycles. The molecule has 42 valence electrons. The first-order chi connectivity index (χ1) is 3.41. The second-order valence-electron chi connectivity index (χ2n) is 1.47. The van der Waals surface area contributed by atoms with Crippen molar-refractivity contribution < 1.29 is 4.74 Å². The molecule has 0 aliphatic rings. The van der Waals surface area contributed by atoms with Crippen LogP contribution in [0.25, 0.3) is 0 Å². The number of unbranched alkanes of at least 4 members (excludes halogenated alkanes) is 1. The van der Waals surface area contributed by atoms with E-state index < -0.39 is 0 Å². The zero-order chi connectivity index (χ0) is 5.54.